The average Bonchev–Trinajstić information content (AvgIpc) is 2.48. The highest BCUT2D eigenvalue weighted by atomic mass is 35.5. The van der Waals surface area contributed by atoms with Crippen LogP contribution in [0.4, 0.5) is 0 Å². The molecule has 1 heterocycles. The van der Waals surface area contributed by atoms with Gasteiger partial charge in [-0.1, -0.05) is 17.7 Å². The van der Waals surface area contributed by atoms with Gasteiger partial charge in [-0.15, -0.1) is 0 Å². The largest absolute Gasteiger partial charge is 0.379 e. The minimum atomic E-state index is -0.0566. The topological polar surface area (TPSA) is 41.6 Å². The Labute approximate surface area is 125 Å². The molecule has 1 amide bonds. The maximum atomic E-state index is 11.9. The van der Waals surface area contributed by atoms with E-state index >= 15 is 0 Å². The van der Waals surface area contributed by atoms with E-state index in [1.54, 1.807) is 24.3 Å². The molecule has 1 aromatic carbocycles. The van der Waals surface area contributed by atoms with Crippen LogP contribution in [-0.2, 0) is 4.74 Å². The zero-order valence-corrected chi connectivity index (χ0v) is 12.4. The van der Waals surface area contributed by atoms with Gasteiger partial charge in [-0.2, -0.15) is 0 Å². The van der Waals surface area contributed by atoms with Crippen molar-refractivity contribution < 1.29 is 9.53 Å². The van der Waals surface area contributed by atoms with E-state index in [9.17, 15) is 4.79 Å². The molecule has 0 aliphatic carbocycles. The highest BCUT2D eigenvalue weighted by molar-refractivity contribution is 6.30. The lowest BCUT2D eigenvalue weighted by molar-refractivity contribution is 0.0372. The lowest BCUT2D eigenvalue weighted by Gasteiger charge is -2.26. The summed E-state index contributed by atoms with van der Waals surface area (Å²) in [6.45, 7) is 5.51. The van der Waals surface area contributed by atoms with Crippen LogP contribution in [-0.4, -0.2) is 50.2 Å². The predicted octanol–water partition coefficient (Wildman–Crippen LogP) is 2.18. The molecule has 5 heteroatoms. The third-order valence-electron chi connectivity index (χ3n) is 3.38. The third-order valence-corrected chi connectivity index (χ3v) is 3.61. The lowest BCUT2D eigenvalue weighted by Crippen LogP contribution is -2.37. The van der Waals surface area contributed by atoms with E-state index in [0.717, 1.165) is 45.7 Å². The molecule has 1 fully saturated rings. The molecule has 4 nitrogen and oxygen atoms in total. The highest BCUT2D eigenvalue weighted by Gasteiger charge is 2.09. The summed E-state index contributed by atoms with van der Waals surface area (Å²) in [6.07, 6.45) is 2.08. The van der Waals surface area contributed by atoms with Gasteiger partial charge in [0.15, 0.2) is 0 Å². The lowest BCUT2D eigenvalue weighted by atomic mass is 10.2. The Bertz CT molecular complexity index is 434. The number of rotatable bonds is 6. The van der Waals surface area contributed by atoms with Crippen molar-refractivity contribution in [3.8, 4) is 0 Å². The quantitative estimate of drug-likeness (QED) is 0.818. The van der Waals surface area contributed by atoms with Gasteiger partial charge in [-0.3, -0.25) is 9.69 Å². The second-order valence-electron chi connectivity index (χ2n) is 4.93. The number of nitrogens with one attached hydrogen (secondary N) is 1. The fourth-order valence-corrected chi connectivity index (χ4v) is 2.41. The fraction of sp³-hybridized carbons (Fsp3) is 0.533. The first-order chi connectivity index (χ1) is 9.75. The molecule has 0 saturated carbocycles. The summed E-state index contributed by atoms with van der Waals surface area (Å²) in [5.74, 6) is -0.0566. The zero-order chi connectivity index (χ0) is 14.2. The van der Waals surface area contributed by atoms with Crippen LogP contribution in [0.15, 0.2) is 24.3 Å². The summed E-state index contributed by atoms with van der Waals surface area (Å²) in [7, 11) is 0. The number of ether oxygens (including phenoxy) is 1. The molecule has 2 rings (SSSR count). The fourth-order valence-electron chi connectivity index (χ4n) is 2.22. The molecule has 20 heavy (non-hydrogen) atoms. The summed E-state index contributed by atoms with van der Waals surface area (Å²) in [5.41, 5.74) is 0.616. The number of amides is 1. The molecule has 1 aliphatic heterocycles. The van der Waals surface area contributed by atoms with E-state index in [1.807, 2.05) is 0 Å². The second kappa shape index (κ2) is 8.25. The Morgan fingerprint density at radius 2 is 2.10 bits per heavy atom. The molecule has 0 radical (unpaired) electrons. The van der Waals surface area contributed by atoms with Crippen molar-refractivity contribution in [1.29, 1.82) is 0 Å². The minimum absolute atomic E-state index is 0.0566. The molecule has 0 atom stereocenters. The Balaban J connectivity index is 1.59. The molecule has 0 aromatic heterocycles. The number of carbonyl (C=O) groups excluding carboxylic acids is 1. The van der Waals surface area contributed by atoms with Gasteiger partial charge in [-0.05, 0) is 37.6 Å². The number of benzene rings is 1. The summed E-state index contributed by atoms with van der Waals surface area (Å²) in [6, 6.07) is 7.01. The number of carbonyl (C=O) groups is 1. The van der Waals surface area contributed by atoms with Crippen LogP contribution < -0.4 is 5.32 Å². The summed E-state index contributed by atoms with van der Waals surface area (Å²) >= 11 is 5.86. The normalized spacial score (nSPS) is 16.1. The zero-order valence-electron chi connectivity index (χ0n) is 11.6. The highest BCUT2D eigenvalue weighted by Crippen LogP contribution is 2.10. The first-order valence-corrected chi connectivity index (χ1v) is 7.47. The van der Waals surface area contributed by atoms with Crippen molar-refractivity contribution in [2.45, 2.75) is 12.8 Å². The molecular weight excluding hydrogens is 276 g/mol. The molecule has 0 spiro atoms. The van der Waals surface area contributed by atoms with Crippen molar-refractivity contribution in [1.82, 2.24) is 10.2 Å². The first kappa shape index (κ1) is 15.3. The molecule has 0 unspecified atom stereocenters. The number of morpholine rings is 1. The number of hydrogen-bond donors (Lipinski definition) is 1. The average molecular weight is 297 g/mol. The summed E-state index contributed by atoms with van der Waals surface area (Å²) in [4.78, 5) is 14.3. The van der Waals surface area contributed by atoms with Gasteiger partial charge >= 0.3 is 0 Å². The second-order valence-corrected chi connectivity index (χ2v) is 5.36. The smallest absolute Gasteiger partial charge is 0.251 e. The number of nitrogens with zero attached hydrogens (tertiary/aromatic N) is 1. The minimum Gasteiger partial charge on any atom is -0.379 e. The van der Waals surface area contributed by atoms with Gasteiger partial charge in [0.1, 0.15) is 0 Å². The molecule has 1 aromatic rings. The predicted molar refractivity (Wildman–Crippen MR) is 80.3 cm³/mol. The molecule has 0 bridgehead atoms. The number of unbranched alkanes of at least 4 members (excludes halogenated alkanes) is 1. The van der Waals surface area contributed by atoms with Gasteiger partial charge in [0, 0.05) is 30.2 Å². The Hall–Kier alpha value is -1.10. The van der Waals surface area contributed by atoms with Crippen molar-refractivity contribution in [2.75, 3.05) is 39.4 Å². The third kappa shape index (κ3) is 5.12. The van der Waals surface area contributed by atoms with Crippen LogP contribution in [0.1, 0.15) is 23.2 Å². The van der Waals surface area contributed by atoms with Crippen LogP contribution in [0.2, 0.25) is 5.02 Å². The number of hydrogen-bond acceptors (Lipinski definition) is 3. The van der Waals surface area contributed by atoms with E-state index in [1.165, 1.54) is 0 Å². The van der Waals surface area contributed by atoms with Crippen LogP contribution in [0, 0.1) is 0 Å². The van der Waals surface area contributed by atoms with Crippen LogP contribution in [0.25, 0.3) is 0 Å². The van der Waals surface area contributed by atoms with Crippen LogP contribution in [0.5, 0.6) is 0 Å². The molecule has 1 aliphatic rings. The SMILES string of the molecule is O=C(NCCCCN1CCOCC1)c1cccc(Cl)c1. The molecule has 1 saturated heterocycles. The van der Waals surface area contributed by atoms with Crippen LogP contribution in [0.3, 0.4) is 0 Å². The van der Waals surface area contributed by atoms with Gasteiger partial charge < -0.3 is 10.1 Å². The van der Waals surface area contributed by atoms with E-state index in [0.29, 0.717) is 17.1 Å². The van der Waals surface area contributed by atoms with Gasteiger partial charge in [0.2, 0.25) is 0 Å². The van der Waals surface area contributed by atoms with Gasteiger partial charge in [0.25, 0.3) is 5.91 Å². The van der Waals surface area contributed by atoms with Crippen molar-refractivity contribution in [2.24, 2.45) is 0 Å². The Kier molecular flexibility index (Phi) is 6.30. The van der Waals surface area contributed by atoms with Crippen molar-refractivity contribution >= 4 is 17.5 Å². The Morgan fingerprint density at radius 1 is 1.30 bits per heavy atom. The van der Waals surface area contributed by atoms with Crippen molar-refractivity contribution in [3.63, 3.8) is 0 Å². The van der Waals surface area contributed by atoms with E-state index < -0.39 is 0 Å². The summed E-state index contributed by atoms with van der Waals surface area (Å²) < 4.78 is 5.31. The maximum Gasteiger partial charge on any atom is 0.251 e. The van der Waals surface area contributed by atoms with Crippen molar-refractivity contribution in [3.05, 3.63) is 34.9 Å². The van der Waals surface area contributed by atoms with E-state index in [2.05, 4.69) is 10.2 Å². The first-order valence-electron chi connectivity index (χ1n) is 7.09. The monoisotopic (exact) mass is 296 g/mol. The number of halogens is 1. The van der Waals surface area contributed by atoms with E-state index in [4.69, 9.17) is 16.3 Å². The van der Waals surface area contributed by atoms with Crippen LogP contribution >= 0.6 is 11.6 Å². The molecular formula is C15H21ClN2O2. The maximum absolute atomic E-state index is 11.9. The van der Waals surface area contributed by atoms with Gasteiger partial charge in [-0.25, -0.2) is 0 Å². The summed E-state index contributed by atoms with van der Waals surface area (Å²) in [5, 5.41) is 3.51. The van der Waals surface area contributed by atoms with E-state index in [-0.39, 0.29) is 5.91 Å². The Morgan fingerprint density at radius 3 is 2.85 bits per heavy atom. The van der Waals surface area contributed by atoms with Gasteiger partial charge in [0.05, 0.1) is 13.2 Å². The molecule has 110 valence electrons. The standard InChI is InChI=1S/C15H21ClN2O2/c16-14-5-3-4-13(12-14)15(19)17-6-1-2-7-18-8-10-20-11-9-18/h3-5,12H,1-2,6-11H2,(H,17,19). The molecule has 1 N–H and O–H groups in total.